The molecular formula is C9H7F4NO2. The first-order chi connectivity index (χ1) is 7.45. The fourth-order valence-corrected chi connectivity index (χ4v) is 1.04. The first kappa shape index (κ1) is 12.4. The summed E-state index contributed by atoms with van der Waals surface area (Å²) in [6.45, 7) is 0. The first-order valence-corrected chi connectivity index (χ1v) is 4.15. The van der Waals surface area contributed by atoms with Gasteiger partial charge in [0, 0.05) is 5.56 Å². The van der Waals surface area contributed by atoms with Gasteiger partial charge in [0.05, 0.1) is 13.5 Å². The van der Waals surface area contributed by atoms with Crippen LogP contribution in [0.2, 0.25) is 0 Å². The summed E-state index contributed by atoms with van der Waals surface area (Å²) in [4.78, 5) is 13.5. The van der Waals surface area contributed by atoms with E-state index in [4.69, 9.17) is 0 Å². The number of methoxy groups -OCH3 is 1. The molecule has 1 heterocycles. The standard InChI is InChI=1S/C9H7F4NO2/c1-16-6(15)3-4-2-5(8(11)12)14-9(13)7(4)10/h2,8H,3H2,1H3. The van der Waals surface area contributed by atoms with Gasteiger partial charge in [0.1, 0.15) is 5.69 Å². The fraction of sp³-hybridized carbons (Fsp3) is 0.333. The number of hydrogen-bond acceptors (Lipinski definition) is 3. The summed E-state index contributed by atoms with van der Waals surface area (Å²) < 4.78 is 54.5. The molecule has 0 aliphatic rings. The van der Waals surface area contributed by atoms with Gasteiger partial charge < -0.3 is 4.74 Å². The Morgan fingerprint density at radius 1 is 1.50 bits per heavy atom. The van der Waals surface area contributed by atoms with Crippen molar-refractivity contribution in [2.45, 2.75) is 12.8 Å². The topological polar surface area (TPSA) is 39.2 Å². The molecule has 0 atom stereocenters. The molecule has 0 saturated heterocycles. The summed E-state index contributed by atoms with van der Waals surface area (Å²) in [7, 11) is 1.05. The largest absolute Gasteiger partial charge is 0.469 e. The molecule has 1 aromatic rings. The van der Waals surface area contributed by atoms with Crippen molar-refractivity contribution in [3.63, 3.8) is 0 Å². The van der Waals surface area contributed by atoms with E-state index in [0.717, 1.165) is 7.11 Å². The third kappa shape index (κ3) is 2.68. The van der Waals surface area contributed by atoms with E-state index >= 15 is 0 Å². The molecule has 0 spiro atoms. The van der Waals surface area contributed by atoms with Gasteiger partial charge in [-0.25, -0.2) is 18.2 Å². The Morgan fingerprint density at radius 3 is 2.62 bits per heavy atom. The van der Waals surface area contributed by atoms with Crippen LogP contribution >= 0.6 is 0 Å². The highest BCUT2D eigenvalue weighted by Gasteiger charge is 2.19. The summed E-state index contributed by atoms with van der Waals surface area (Å²) in [5, 5.41) is 0. The number of carbonyl (C=O) groups is 1. The summed E-state index contributed by atoms with van der Waals surface area (Å²) in [6.07, 6.45) is -3.66. The molecule has 0 bridgehead atoms. The van der Waals surface area contributed by atoms with Crippen LogP contribution < -0.4 is 0 Å². The van der Waals surface area contributed by atoms with Crippen molar-refractivity contribution < 1.29 is 27.1 Å². The molecule has 16 heavy (non-hydrogen) atoms. The Balaban J connectivity index is 3.11. The average Bonchev–Trinajstić information content (AvgIpc) is 2.23. The van der Waals surface area contributed by atoms with E-state index in [1.165, 1.54) is 0 Å². The normalized spacial score (nSPS) is 10.6. The lowest BCUT2D eigenvalue weighted by Crippen LogP contribution is -2.09. The first-order valence-electron chi connectivity index (χ1n) is 4.15. The van der Waals surface area contributed by atoms with Gasteiger partial charge in [0.25, 0.3) is 6.43 Å². The van der Waals surface area contributed by atoms with E-state index in [0.29, 0.717) is 6.07 Å². The predicted octanol–water partition coefficient (Wildman–Crippen LogP) is 2.01. The molecule has 0 amide bonds. The number of nitrogens with zero attached hydrogens (tertiary/aromatic N) is 1. The van der Waals surface area contributed by atoms with Crippen LogP contribution in [0.4, 0.5) is 17.6 Å². The van der Waals surface area contributed by atoms with Crippen LogP contribution in [0.15, 0.2) is 6.07 Å². The molecule has 1 rings (SSSR count). The molecule has 0 saturated carbocycles. The summed E-state index contributed by atoms with van der Waals surface area (Å²) in [5.41, 5.74) is -1.42. The fourth-order valence-electron chi connectivity index (χ4n) is 1.04. The molecule has 3 nitrogen and oxygen atoms in total. The maximum atomic E-state index is 13.1. The van der Waals surface area contributed by atoms with Crippen molar-refractivity contribution in [3.8, 4) is 0 Å². The smallest absolute Gasteiger partial charge is 0.310 e. The van der Waals surface area contributed by atoms with Crippen molar-refractivity contribution >= 4 is 5.97 Å². The molecule has 7 heteroatoms. The molecule has 0 radical (unpaired) electrons. The van der Waals surface area contributed by atoms with Crippen molar-refractivity contribution in [2.75, 3.05) is 7.11 Å². The number of ether oxygens (including phenoxy) is 1. The Morgan fingerprint density at radius 2 is 2.12 bits per heavy atom. The number of halogens is 4. The lowest BCUT2D eigenvalue weighted by atomic mass is 10.1. The minimum Gasteiger partial charge on any atom is -0.469 e. The molecule has 0 unspecified atom stereocenters. The maximum absolute atomic E-state index is 13.1. The van der Waals surface area contributed by atoms with Crippen LogP contribution in [0.5, 0.6) is 0 Å². The summed E-state index contributed by atoms with van der Waals surface area (Å²) in [6, 6.07) is 0.639. The third-order valence-electron chi connectivity index (χ3n) is 1.80. The van der Waals surface area contributed by atoms with Gasteiger partial charge in [-0.3, -0.25) is 4.79 Å². The summed E-state index contributed by atoms with van der Waals surface area (Å²) in [5.74, 6) is -3.93. The van der Waals surface area contributed by atoms with E-state index < -0.39 is 41.8 Å². The Bertz CT molecular complexity index is 409. The zero-order valence-corrected chi connectivity index (χ0v) is 8.14. The predicted molar refractivity (Wildman–Crippen MR) is 44.8 cm³/mol. The number of esters is 1. The van der Waals surface area contributed by atoms with Gasteiger partial charge in [-0.2, -0.15) is 4.39 Å². The zero-order valence-electron chi connectivity index (χ0n) is 8.14. The molecule has 1 aromatic heterocycles. The summed E-state index contributed by atoms with van der Waals surface area (Å²) >= 11 is 0. The van der Waals surface area contributed by atoms with Crippen LogP contribution in [0.3, 0.4) is 0 Å². The highest BCUT2D eigenvalue weighted by Crippen LogP contribution is 2.21. The number of hydrogen-bond donors (Lipinski definition) is 0. The maximum Gasteiger partial charge on any atom is 0.310 e. The lowest BCUT2D eigenvalue weighted by Gasteiger charge is -2.05. The number of rotatable bonds is 3. The zero-order chi connectivity index (χ0) is 12.3. The minimum absolute atomic E-state index is 0.505. The van der Waals surface area contributed by atoms with Gasteiger partial charge in [-0.15, -0.1) is 0 Å². The quantitative estimate of drug-likeness (QED) is 0.458. The van der Waals surface area contributed by atoms with Crippen LogP contribution in [0.1, 0.15) is 17.7 Å². The van der Waals surface area contributed by atoms with Gasteiger partial charge in [-0.1, -0.05) is 0 Å². The Labute approximate surface area is 88.0 Å². The lowest BCUT2D eigenvalue weighted by molar-refractivity contribution is -0.139. The average molecular weight is 237 g/mol. The van der Waals surface area contributed by atoms with Crippen LogP contribution in [0, 0.1) is 11.8 Å². The van der Waals surface area contributed by atoms with Crippen molar-refractivity contribution in [1.29, 1.82) is 0 Å². The van der Waals surface area contributed by atoms with Crippen molar-refractivity contribution in [1.82, 2.24) is 4.98 Å². The number of pyridine rings is 1. The minimum atomic E-state index is -3.04. The number of aromatic nitrogens is 1. The SMILES string of the molecule is COC(=O)Cc1cc(C(F)F)nc(F)c1F. The second-order valence-electron chi connectivity index (χ2n) is 2.86. The van der Waals surface area contributed by atoms with Gasteiger partial charge >= 0.3 is 5.97 Å². The Hall–Kier alpha value is -1.66. The second kappa shape index (κ2) is 4.91. The molecule has 0 aliphatic carbocycles. The third-order valence-corrected chi connectivity index (χ3v) is 1.80. The molecular weight excluding hydrogens is 230 g/mol. The molecule has 88 valence electrons. The molecule has 0 N–H and O–H groups in total. The van der Waals surface area contributed by atoms with Crippen LogP contribution in [0.25, 0.3) is 0 Å². The monoisotopic (exact) mass is 237 g/mol. The van der Waals surface area contributed by atoms with Crippen molar-refractivity contribution in [3.05, 3.63) is 29.1 Å². The van der Waals surface area contributed by atoms with Crippen LogP contribution in [-0.2, 0) is 16.0 Å². The number of alkyl halides is 2. The van der Waals surface area contributed by atoms with E-state index in [1.54, 1.807) is 0 Å². The van der Waals surface area contributed by atoms with Crippen molar-refractivity contribution in [2.24, 2.45) is 0 Å². The molecule has 0 fully saturated rings. The van der Waals surface area contributed by atoms with Gasteiger partial charge in [0.15, 0.2) is 5.82 Å². The molecule has 0 aromatic carbocycles. The molecule has 0 aliphatic heterocycles. The number of carbonyl (C=O) groups excluding carboxylic acids is 1. The van der Waals surface area contributed by atoms with E-state index in [-0.39, 0.29) is 0 Å². The van der Waals surface area contributed by atoms with E-state index in [1.807, 2.05) is 0 Å². The highest BCUT2D eigenvalue weighted by molar-refractivity contribution is 5.72. The highest BCUT2D eigenvalue weighted by atomic mass is 19.3. The van der Waals surface area contributed by atoms with E-state index in [2.05, 4.69) is 9.72 Å². The van der Waals surface area contributed by atoms with E-state index in [9.17, 15) is 22.4 Å². The second-order valence-corrected chi connectivity index (χ2v) is 2.86. The van der Waals surface area contributed by atoms with Gasteiger partial charge in [0.2, 0.25) is 5.95 Å². The van der Waals surface area contributed by atoms with Crippen LogP contribution in [-0.4, -0.2) is 18.1 Å². The van der Waals surface area contributed by atoms with Gasteiger partial charge in [-0.05, 0) is 6.07 Å². The Kier molecular flexibility index (Phi) is 3.81.